The van der Waals surface area contributed by atoms with E-state index in [1.807, 2.05) is 14.1 Å². The summed E-state index contributed by atoms with van der Waals surface area (Å²) in [6, 6.07) is 0. The Bertz CT molecular complexity index is 186. The number of nitrogens with one attached hydrogen (secondary N) is 1. The number of carbonyl (C=O) groups is 1. The molecular formula is C9H16N2O2. The average Bonchev–Trinajstić information content (AvgIpc) is 2.05. The smallest absolute Gasteiger partial charge is 0.307 e. The Morgan fingerprint density at radius 2 is 2.15 bits per heavy atom. The second-order valence-electron chi connectivity index (χ2n) is 2.01. The van der Waals surface area contributed by atoms with Gasteiger partial charge in [-0.1, -0.05) is 12.7 Å². The van der Waals surface area contributed by atoms with Gasteiger partial charge in [-0.25, -0.2) is 0 Å². The van der Waals surface area contributed by atoms with E-state index >= 15 is 0 Å². The fraction of sp³-hybridized carbons (Fsp3) is 0.333. The van der Waals surface area contributed by atoms with Gasteiger partial charge in [-0.15, -0.1) is 0 Å². The third kappa shape index (κ3) is 25.0. The molecule has 0 amide bonds. The molecule has 2 N–H and O–H groups in total. The van der Waals surface area contributed by atoms with Gasteiger partial charge in [0, 0.05) is 12.4 Å². The van der Waals surface area contributed by atoms with Gasteiger partial charge in [0.2, 0.25) is 0 Å². The van der Waals surface area contributed by atoms with Gasteiger partial charge in [-0.3, -0.25) is 9.79 Å². The van der Waals surface area contributed by atoms with Crippen LogP contribution in [0.25, 0.3) is 0 Å². The summed E-state index contributed by atoms with van der Waals surface area (Å²) in [5, 5.41) is 10.9. The van der Waals surface area contributed by atoms with Crippen molar-refractivity contribution in [2.45, 2.75) is 6.42 Å². The van der Waals surface area contributed by atoms with Crippen LogP contribution in [0.1, 0.15) is 6.42 Å². The van der Waals surface area contributed by atoms with Gasteiger partial charge in [0.15, 0.2) is 0 Å². The Balaban J connectivity index is 0. The molecule has 0 unspecified atom stereocenters. The minimum absolute atomic E-state index is 0.0309. The highest BCUT2D eigenvalue weighted by Gasteiger charge is 1.86. The number of hydrogen-bond acceptors (Lipinski definition) is 3. The molecule has 0 radical (unpaired) electrons. The molecule has 0 fully saturated rings. The zero-order valence-electron chi connectivity index (χ0n) is 8.03. The van der Waals surface area contributed by atoms with Crippen LogP contribution in [0.4, 0.5) is 0 Å². The van der Waals surface area contributed by atoms with E-state index in [-0.39, 0.29) is 6.42 Å². The maximum absolute atomic E-state index is 9.92. The van der Waals surface area contributed by atoms with Gasteiger partial charge in [0.25, 0.3) is 0 Å². The Hall–Kier alpha value is -1.42. The second-order valence-corrected chi connectivity index (χ2v) is 2.01. The maximum Gasteiger partial charge on any atom is 0.307 e. The average molecular weight is 184 g/mol. The first-order valence-corrected chi connectivity index (χ1v) is 3.78. The van der Waals surface area contributed by atoms with E-state index in [0.29, 0.717) is 0 Å². The van der Waals surface area contributed by atoms with Crippen molar-refractivity contribution < 1.29 is 9.90 Å². The van der Waals surface area contributed by atoms with Gasteiger partial charge >= 0.3 is 5.97 Å². The molecule has 0 heterocycles. The number of carboxylic acids is 1. The lowest BCUT2D eigenvalue weighted by Crippen LogP contribution is -1.89. The Morgan fingerprint density at radius 1 is 1.62 bits per heavy atom. The maximum atomic E-state index is 9.92. The van der Waals surface area contributed by atoms with E-state index in [9.17, 15) is 4.79 Å². The molecule has 0 spiro atoms. The summed E-state index contributed by atoms with van der Waals surface area (Å²) in [7, 11) is 3.75. The van der Waals surface area contributed by atoms with Crippen molar-refractivity contribution in [3.8, 4) is 0 Å². The predicted molar refractivity (Wildman–Crippen MR) is 55.1 cm³/mol. The highest BCUT2D eigenvalue weighted by molar-refractivity contribution is 5.74. The largest absolute Gasteiger partial charge is 0.481 e. The topological polar surface area (TPSA) is 61.7 Å². The van der Waals surface area contributed by atoms with Crippen LogP contribution in [0.3, 0.4) is 0 Å². The third-order valence-corrected chi connectivity index (χ3v) is 0.706. The monoisotopic (exact) mass is 184 g/mol. The van der Waals surface area contributed by atoms with E-state index in [2.05, 4.69) is 16.9 Å². The van der Waals surface area contributed by atoms with Crippen molar-refractivity contribution in [2.24, 2.45) is 4.99 Å². The molecule has 0 atom stereocenters. The molecule has 0 aromatic carbocycles. The lowest BCUT2D eigenvalue weighted by Gasteiger charge is -1.79. The van der Waals surface area contributed by atoms with Gasteiger partial charge in [0.05, 0.1) is 6.42 Å². The quantitative estimate of drug-likeness (QED) is 0.642. The highest BCUT2D eigenvalue weighted by Crippen LogP contribution is 1.80. The number of rotatable bonds is 4. The van der Waals surface area contributed by atoms with Crippen LogP contribution in [0.15, 0.2) is 29.9 Å². The third-order valence-electron chi connectivity index (χ3n) is 0.706. The molecule has 0 aliphatic rings. The predicted octanol–water partition coefficient (Wildman–Crippen LogP) is 1.07. The molecule has 0 saturated carbocycles. The number of allylic oxidation sites excluding steroid dienone is 1. The number of nitrogens with zero attached hydrogens (tertiary/aromatic N) is 1. The molecule has 13 heavy (non-hydrogen) atoms. The second kappa shape index (κ2) is 13.2. The summed E-state index contributed by atoms with van der Waals surface area (Å²) < 4.78 is 0. The molecule has 74 valence electrons. The highest BCUT2D eigenvalue weighted by atomic mass is 16.4. The standard InChI is InChI=1S/C7H9NO2.C2H7N/c1-2-8-6-4-3-5-7(9)10;1-3-2/h2-4,6H,1,5H2,(H,9,10);3H,1-2H3/b4-3+,8-6?;. The van der Waals surface area contributed by atoms with Crippen molar-refractivity contribution in [3.63, 3.8) is 0 Å². The summed E-state index contributed by atoms with van der Waals surface area (Å²) in [6.07, 6.45) is 5.97. The number of aliphatic carboxylic acids is 1. The fourth-order valence-electron chi connectivity index (χ4n) is 0.340. The minimum atomic E-state index is -0.844. The van der Waals surface area contributed by atoms with Gasteiger partial charge in [0.1, 0.15) is 0 Å². The summed E-state index contributed by atoms with van der Waals surface area (Å²) in [5.41, 5.74) is 0. The summed E-state index contributed by atoms with van der Waals surface area (Å²) in [5.74, 6) is -0.844. The molecule has 0 aliphatic carbocycles. The summed E-state index contributed by atoms with van der Waals surface area (Å²) in [4.78, 5) is 13.5. The normalized spacial score (nSPS) is 9.69. The number of carboxylic acid groups (broad SMARTS) is 1. The Labute approximate surface area is 78.7 Å². The van der Waals surface area contributed by atoms with E-state index in [4.69, 9.17) is 5.11 Å². The van der Waals surface area contributed by atoms with E-state index in [1.54, 1.807) is 6.08 Å². The van der Waals surface area contributed by atoms with Crippen LogP contribution >= 0.6 is 0 Å². The molecular weight excluding hydrogens is 168 g/mol. The van der Waals surface area contributed by atoms with E-state index in [0.717, 1.165) is 0 Å². The van der Waals surface area contributed by atoms with E-state index < -0.39 is 5.97 Å². The van der Waals surface area contributed by atoms with Crippen molar-refractivity contribution in [1.29, 1.82) is 0 Å². The first-order valence-electron chi connectivity index (χ1n) is 3.78. The van der Waals surface area contributed by atoms with Gasteiger partial charge in [-0.05, 0) is 20.2 Å². The van der Waals surface area contributed by atoms with Crippen LogP contribution in [0.5, 0.6) is 0 Å². The van der Waals surface area contributed by atoms with Crippen LogP contribution < -0.4 is 5.32 Å². The van der Waals surface area contributed by atoms with Crippen LogP contribution in [0.2, 0.25) is 0 Å². The SMILES string of the molecule is C=CN=C/C=C/CC(=O)O.CNC. The molecule has 0 aromatic heterocycles. The van der Waals surface area contributed by atoms with Crippen LogP contribution in [-0.2, 0) is 4.79 Å². The number of hydrogen-bond donors (Lipinski definition) is 2. The van der Waals surface area contributed by atoms with E-state index in [1.165, 1.54) is 18.5 Å². The zero-order chi connectivity index (χ0) is 10.5. The lowest BCUT2D eigenvalue weighted by molar-refractivity contribution is -0.135. The van der Waals surface area contributed by atoms with Gasteiger partial charge in [-0.2, -0.15) is 0 Å². The molecule has 0 aliphatic heterocycles. The molecule has 4 heteroatoms. The van der Waals surface area contributed by atoms with Crippen molar-refractivity contribution in [2.75, 3.05) is 14.1 Å². The van der Waals surface area contributed by atoms with Gasteiger partial charge < -0.3 is 10.4 Å². The van der Waals surface area contributed by atoms with Crippen molar-refractivity contribution in [1.82, 2.24) is 5.32 Å². The van der Waals surface area contributed by atoms with Crippen LogP contribution in [-0.4, -0.2) is 31.4 Å². The first-order chi connectivity index (χ1) is 6.18. The fourth-order valence-corrected chi connectivity index (χ4v) is 0.340. The van der Waals surface area contributed by atoms with Crippen molar-refractivity contribution in [3.05, 3.63) is 24.9 Å². The molecule has 0 aromatic rings. The van der Waals surface area contributed by atoms with Crippen molar-refractivity contribution >= 4 is 12.2 Å². The first kappa shape index (κ1) is 14.1. The molecule has 0 bridgehead atoms. The molecule has 4 nitrogen and oxygen atoms in total. The Morgan fingerprint density at radius 3 is 2.54 bits per heavy atom. The lowest BCUT2D eigenvalue weighted by atomic mass is 10.4. The van der Waals surface area contributed by atoms with Crippen LogP contribution in [0, 0.1) is 0 Å². The summed E-state index contributed by atoms with van der Waals surface area (Å²) in [6.45, 7) is 3.35. The molecule has 0 saturated heterocycles. The zero-order valence-corrected chi connectivity index (χ0v) is 8.03. The molecule has 0 rings (SSSR count). The minimum Gasteiger partial charge on any atom is -0.481 e. The number of aliphatic imine (C=N–C) groups is 1. The summed E-state index contributed by atoms with van der Waals surface area (Å²) >= 11 is 0. The Kier molecular flexibility index (Phi) is 14.3.